The van der Waals surface area contributed by atoms with E-state index in [1.54, 1.807) is 0 Å². The number of aliphatic hydroxyl groups excluding tert-OH is 1. The molecule has 1 aliphatic heterocycles. The lowest BCUT2D eigenvalue weighted by molar-refractivity contribution is 0.0147. The van der Waals surface area contributed by atoms with Crippen LogP contribution in [-0.4, -0.2) is 47.0 Å². The van der Waals surface area contributed by atoms with E-state index in [-0.39, 0.29) is 12.5 Å². The molecule has 194 valence electrons. The molecule has 1 saturated heterocycles. The highest BCUT2D eigenvalue weighted by Gasteiger charge is 2.37. The lowest BCUT2D eigenvalue weighted by Crippen LogP contribution is -2.45. The number of β-amino-alcohol motifs (C(OH)–C–C–N with tert-alkyl or cyclic N) is 1. The number of likely N-dealkylation sites (tertiary alicyclic amines) is 1. The van der Waals surface area contributed by atoms with Crippen LogP contribution in [0, 0.1) is 0 Å². The molecule has 5 heteroatoms. The largest absolute Gasteiger partial charge is 0.465 e. The van der Waals surface area contributed by atoms with Crippen LogP contribution in [0.15, 0.2) is 115 Å². The average Bonchev–Trinajstić information content (AvgIpc) is 2.97. The summed E-state index contributed by atoms with van der Waals surface area (Å²) in [4.78, 5) is 12.5. The van der Waals surface area contributed by atoms with Gasteiger partial charge in [0.05, 0.1) is 19.3 Å². The van der Waals surface area contributed by atoms with E-state index in [2.05, 4.69) is 60.7 Å². The standard InChI is InChI=1S/C33H33NO4/c35-31-24-34(32(36)37)22-20-30(31)26-18-16-25(17-19-26)21-23-38-33(27-10-4-1-5-11-27,28-12-6-2-7-13-28)29-14-8-3-9-15-29/h1-19,30-31,35H,20-24H2,(H,36,37). The van der Waals surface area contributed by atoms with E-state index in [1.165, 1.54) is 4.90 Å². The molecular weight excluding hydrogens is 474 g/mol. The molecule has 0 bridgehead atoms. The maximum atomic E-state index is 11.2. The van der Waals surface area contributed by atoms with Crippen LogP contribution in [0.2, 0.25) is 0 Å². The van der Waals surface area contributed by atoms with Crippen molar-refractivity contribution in [3.05, 3.63) is 143 Å². The molecule has 5 nitrogen and oxygen atoms in total. The smallest absolute Gasteiger partial charge is 0.407 e. The predicted octanol–water partition coefficient (Wildman–Crippen LogP) is 6.07. The number of nitrogens with zero attached hydrogens (tertiary/aromatic N) is 1. The molecule has 4 aromatic carbocycles. The minimum absolute atomic E-state index is 0.0576. The fraction of sp³-hybridized carbons (Fsp3) is 0.242. The van der Waals surface area contributed by atoms with Gasteiger partial charge >= 0.3 is 6.09 Å². The highest BCUT2D eigenvalue weighted by Crippen LogP contribution is 2.40. The monoisotopic (exact) mass is 507 g/mol. The minimum Gasteiger partial charge on any atom is -0.465 e. The van der Waals surface area contributed by atoms with Crippen LogP contribution >= 0.6 is 0 Å². The van der Waals surface area contributed by atoms with E-state index in [0.29, 0.717) is 19.6 Å². The van der Waals surface area contributed by atoms with Crippen molar-refractivity contribution in [3.63, 3.8) is 0 Å². The summed E-state index contributed by atoms with van der Waals surface area (Å²) >= 11 is 0. The van der Waals surface area contributed by atoms with E-state index < -0.39 is 17.8 Å². The molecule has 0 spiro atoms. The molecule has 1 fully saturated rings. The van der Waals surface area contributed by atoms with Gasteiger partial charge in [-0.25, -0.2) is 4.79 Å². The highest BCUT2D eigenvalue weighted by atomic mass is 16.5. The molecule has 0 saturated carbocycles. The molecule has 2 atom stereocenters. The highest BCUT2D eigenvalue weighted by molar-refractivity contribution is 5.65. The summed E-state index contributed by atoms with van der Waals surface area (Å²) in [6.45, 7) is 1.10. The number of piperidine rings is 1. The molecule has 5 rings (SSSR count). The maximum absolute atomic E-state index is 11.2. The molecule has 2 N–H and O–H groups in total. The molecule has 1 heterocycles. The Balaban J connectivity index is 1.36. The van der Waals surface area contributed by atoms with Gasteiger partial charge in [-0.1, -0.05) is 115 Å². The molecule has 0 aromatic heterocycles. The van der Waals surface area contributed by atoms with Crippen molar-refractivity contribution in [2.24, 2.45) is 0 Å². The van der Waals surface area contributed by atoms with E-state index in [4.69, 9.17) is 4.74 Å². The molecule has 2 unspecified atom stereocenters. The van der Waals surface area contributed by atoms with Gasteiger partial charge in [0.2, 0.25) is 0 Å². The first-order chi connectivity index (χ1) is 18.6. The van der Waals surface area contributed by atoms with Crippen molar-refractivity contribution in [1.82, 2.24) is 4.90 Å². The van der Waals surface area contributed by atoms with Gasteiger partial charge in [-0.05, 0) is 40.7 Å². The van der Waals surface area contributed by atoms with Gasteiger partial charge in [-0.2, -0.15) is 0 Å². The summed E-state index contributed by atoms with van der Waals surface area (Å²) in [7, 11) is 0. The van der Waals surface area contributed by atoms with Crippen LogP contribution in [0.3, 0.4) is 0 Å². The van der Waals surface area contributed by atoms with Gasteiger partial charge in [0.25, 0.3) is 0 Å². The average molecular weight is 508 g/mol. The van der Waals surface area contributed by atoms with Crippen LogP contribution < -0.4 is 0 Å². The van der Waals surface area contributed by atoms with E-state index in [9.17, 15) is 15.0 Å². The zero-order valence-corrected chi connectivity index (χ0v) is 21.3. The van der Waals surface area contributed by atoms with Crippen molar-refractivity contribution < 1.29 is 19.7 Å². The van der Waals surface area contributed by atoms with Crippen molar-refractivity contribution in [3.8, 4) is 0 Å². The molecule has 1 amide bonds. The SMILES string of the molecule is O=C(O)N1CCC(c2ccc(CCOC(c3ccccc3)(c3ccccc3)c3ccccc3)cc2)C(O)C1. The molecule has 4 aromatic rings. The lowest BCUT2D eigenvalue weighted by atomic mass is 9.80. The first-order valence-corrected chi connectivity index (χ1v) is 13.1. The number of hydrogen-bond acceptors (Lipinski definition) is 3. The third-order valence-corrected chi connectivity index (χ3v) is 7.51. The van der Waals surface area contributed by atoms with E-state index >= 15 is 0 Å². The van der Waals surface area contributed by atoms with Gasteiger partial charge in [-0.15, -0.1) is 0 Å². The predicted molar refractivity (Wildman–Crippen MR) is 148 cm³/mol. The topological polar surface area (TPSA) is 70.0 Å². The van der Waals surface area contributed by atoms with Crippen LogP contribution in [0.25, 0.3) is 0 Å². The number of amides is 1. The van der Waals surface area contributed by atoms with Gasteiger partial charge < -0.3 is 19.8 Å². The second-order valence-electron chi connectivity index (χ2n) is 9.81. The van der Waals surface area contributed by atoms with Crippen LogP contribution in [0.4, 0.5) is 4.79 Å². The Morgan fingerprint density at radius 2 is 1.29 bits per heavy atom. The van der Waals surface area contributed by atoms with Crippen molar-refractivity contribution >= 4 is 6.09 Å². The summed E-state index contributed by atoms with van der Waals surface area (Å²) in [5.41, 5.74) is 4.68. The normalized spacial score (nSPS) is 17.8. The van der Waals surface area contributed by atoms with Crippen LogP contribution in [0.1, 0.15) is 40.2 Å². The number of benzene rings is 4. The molecule has 0 aliphatic carbocycles. The fourth-order valence-corrected chi connectivity index (χ4v) is 5.52. The number of aliphatic hydroxyl groups is 1. The Bertz CT molecular complexity index is 1210. The van der Waals surface area contributed by atoms with Gasteiger partial charge in [0.1, 0.15) is 5.60 Å². The van der Waals surface area contributed by atoms with Crippen molar-refractivity contribution in [2.75, 3.05) is 19.7 Å². The summed E-state index contributed by atoms with van der Waals surface area (Å²) in [6.07, 6.45) is -0.328. The number of carboxylic acid groups (broad SMARTS) is 1. The van der Waals surface area contributed by atoms with Gasteiger partial charge in [0.15, 0.2) is 0 Å². The first kappa shape index (κ1) is 25.7. The quantitative estimate of drug-likeness (QED) is 0.284. The summed E-state index contributed by atoms with van der Waals surface area (Å²) in [5, 5.41) is 19.8. The van der Waals surface area contributed by atoms with Crippen molar-refractivity contribution in [1.29, 1.82) is 0 Å². The van der Waals surface area contributed by atoms with E-state index in [1.807, 2.05) is 54.6 Å². The minimum atomic E-state index is -0.976. The zero-order chi connectivity index (χ0) is 26.4. The third kappa shape index (κ3) is 5.35. The summed E-state index contributed by atoms with van der Waals surface area (Å²) < 4.78 is 6.89. The van der Waals surface area contributed by atoms with Crippen LogP contribution in [-0.2, 0) is 16.8 Å². The van der Waals surface area contributed by atoms with Gasteiger partial charge in [0, 0.05) is 12.5 Å². The first-order valence-electron chi connectivity index (χ1n) is 13.1. The Kier molecular flexibility index (Phi) is 7.87. The Morgan fingerprint density at radius 1 is 0.789 bits per heavy atom. The summed E-state index contributed by atoms with van der Waals surface area (Å²) in [5.74, 6) is -0.0576. The zero-order valence-electron chi connectivity index (χ0n) is 21.3. The Hall–Kier alpha value is -3.93. The second kappa shape index (κ2) is 11.6. The maximum Gasteiger partial charge on any atom is 0.407 e. The number of rotatable bonds is 8. The Morgan fingerprint density at radius 3 is 1.74 bits per heavy atom. The van der Waals surface area contributed by atoms with Crippen molar-refractivity contribution in [2.45, 2.75) is 30.5 Å². The molecule has 1 aliphatic rings. The third-order valence-electron chi connectivity index (χ3n) is 7.51. The number of carbonyl (C=O) groups is 1. The summed E-state index contributed by atoms with van der Waals surface area (Å²) in [6, 6.07) is 39.4. The van der Waals surface area contributed by atoms with Crippen LogP contribution in [0.5, 0.6) is 0 Å². The van der Waals surface area contributed by atoms with Gasteiger partial charge in [-0.3, -0.25) is 0 Å². The Labute approximate surface area is 224 Å². The molecular formula is C33H33NO4. The lowest BCUT2D eigenvalue weighted by Gasteiger charge is -2.36. The second-order valence-corrected chi connectivity index (χ2v) is 9.81. The molecule has 0 radical (unpaired) electrons. The van der Waals surface area contributed by atoms with E-state index in [0.717, 1.165) is 34.2 Å². The number of ether oxygens (including phenoxy) is 1. The number of hydrogen-bond donors (Lipinski definition) is 2. The fourth-order valence-electron chi connectivity index (χ4n) is 5.52. The molecule has 38 heavy (non-hydrogen) atoms.